The largest absolute Gasteiger partial charge is 0.493 e. The Kier molecular flexibility index (Phi) is 4.71. The van der Waals surface area contributed by atoms with E-state index in [1.807, 2.05) is 36.5 Å². The maximum Gasteiger partial charge on any atom is 0.162 e. The van der Waals surface area contributed by atoms with Gasteiger partial charge in [0.1, 0.15) is 6.04 Å². The summed E-state index contributed by atoms with van der Waals surface area (Å²) in [7, 11) is 3.25. The van der Waals surface area contributed by atoms with Crippen molar-refractivity contribution in [3.63, 3.8) is 0 Å². The number of methoxy groups -OCH3 is 2. The Balaban J connectivity index is 1.82. The molecule has 0 aliphatic carbocycles. The summed E-state index contributed by atoms with van der Waals surface area (Å²) in [6, 6.07) is 9.61. The summed E-state index contributed by atoms with van der Waals surface area (Å²) in [5.74, 6) is 1.29. The summed E-state index contributed by atoms with van der Waals surface area (Å²) < 4.78 is 10.9. The van der Waals surface area contributed by atoms with Crippen LogP contribution in [0.1, 0.15) is 30.3 Å². The van der Waals surface area contributed by atoms with Gasteiger partial charge in [-0.15, -0.1) is 0 Å². The molecule has 5 nitrogen and oxygen atoms in total. The van der Waals surface area contributed by atoms with Crippen LogP contribution in [0.2, 0.25) is 5.02 Å². The number of pyridine rings is 1. The number of fused-ring (bicyclic) bond motifs is 1. The lowest BCUT2D eigenvalue weighted by molar-refractivity contribution is 0.317. The molecule has 1 aromatic carbocycles. The van der Waals surface area contributed by atoms with Crippen molar-refractivity contribution in [2.45, 2.75) is 24.3 Å². The summed E-state index contributed by atoms with van der Waals surface area (Å²) in [6.07, 6.45) is 1.81. The number of benzene rings is 1. The van der Waals surface area contributed by atoms with Crippen LogP contribution in [0.15, 0.2) is 41.5 Å². The Morgan fingerprint density at radius 2 is 1.96 bits per heavy atom. The Morgan fingerprint density at radius 3 is 2.65 bits per heavy atom. The number of rotatable bonds is 4. The van der Waals surface area contributed by atoms with Crippen molar-refractivity contribution in [2.24, 2.45) is 4.99 Å². The van der Waals surface area contributed by atoms with Gasteiger partial charge in [-0.2, -0.15) is 0 Å². The van der Waals surface area contributed by atoms with E-state index in [0.717, 1.165) is 23.0 Å². The van der Waals surface area contributed by atoms with Crippen LogP contribution in [-0.4, -0.2) is 41.1 Å². The zero-order valence-electron chi connectivity index (χ0n) is 14.8. The summed E-state index contributed by atoms with van der Waals surface area (Å²) >= 11 is 8.46. The molecule has 2 aliphatic rings. The number of amidine groups is 1. The minimum Gasteiger partial charge on any atom is -0.493 e. The third-order valence-corrected chi connectivity index (χ3v) is 6.13. The third kappa shape index (κ3) is 2.91. The van der Waals surface area contributed by atoms with Gasteiger partial charge in [-0.3, -0.25) is 9.98 Å². The number of thioether (sulfide) groups is 1. The van der Waals surface area contributed by atoms with Crippen LogP contribution < -0.4 is 9.47 Å². The van der Waals surface area contributed by atoms with Gasteiger partial charge in [0, 0.05) is 29.1 Å². The molecule has 1 fully saturated rings. The first-order valence-electron chi connectivity index (χ1n) is 8.45. The smallest absolute Gasteiger partial charge is 0.162 e. The van der Waals surface area contributed by atoms with Gasteiger partial charge in [0.2, 0.25) is 0 Å². The molecule has 26 heavy (non-hydrogen) atoms. The monoisotopic (exact) mass is 389 g/mol. The van der Waals surface area contributed by atoms with E-state index in [2.05, 4.69) is 16.8 Å². The summed E-state index contributed by atoms with van der Waals surface area (Å²) in [5, 5.41) is 2.21. The quantitative estimate of drug-likeness (QED) is 0.778. The molecule has 0 unspecified atom stereocenters. The second-order valence-corrected chi connectivity index (χ2v) is 8.18. The summed E-state index contributed by atoms with van der Waals surface area (Å²) in [4.78, 5) is 11.9. The second-order valence-electron chi connectivity index (χ2n) is 6.37. The molecule has 0 N–H and O–H groups in total. The fraction of sp³-hybridized carbons (Fsp3) is 0.368. The van der Waals surface area contributed by atoms with E-state index in [9.17, 15) is 0 Å². The molecule has 0 bridgehead atoms. The van der Waals surface area contributed by atoms with Gasteiger partial charge in [0.25, 0.3) is 0 Å². The highest BCUT2D eigenvalue weighted by Gasteiger charge is 2.44. The number of hydrogen-bond acceptors (Lipinski definition) is 6. The highest BCUT2D eigenvalue weighted by molar-refractivity contribution is 8.14. The highest BCUT2D eigenvalue weighted by Crippen LogP contribution is 2.50. The molecule has 7 heteroatoms. The maximum atomic E-state index is 6.66. The van der Waals surface area contributed by atoms with Crippen molar-refractivity contribution < 1.29 is 9.47 Å². The van der Waals surface area contributed by atoms with Gasteiger partial charge < -0.3 is 14.4 Å². The van der Waals surface area contributed by atoms with Crippen LogP contribution in [0.3, 0.4) is 0 Å². The molecule has 1 saturated heterocycles. The second kappa shape index (κ2) is 7.00. The molecular formula is C19H20ClN3O2S. The average molecular weight is 390 g/mol. The molecule has 0 saturated carbocycles. The van der Waals surface area contributed by atoms with Crippen molar-refractivity contribution in [3.8, 4) is 11.5 Å². The van der Waals surface area contributed by atoms with Crippen molar-refractivity contribution in [1.82, 2.24) is 9.88 Å². The molecule has 3 heterocycles. The summed E-state index contributed by atoms with van der Waals surface area (Å²) in [5.41, 5.74) is 1.92. The van der Waals surface area contributed by atoms with Crippen molar-refractivity contribution >= 4 is 28.5 Å². The molecule has 0 amide bonds. The Hall–Kier alpha value is -1.92. The zero-order chi connectivity index (χ0) is 18.3. The minimum atomic E-state index is -0.0956. The fourth-order valence-corrected chi connectivity index (χ4v) is 4.91. The van der Waals surface area contributed by atoms with Gasteiger partial charge in [-0.05, 0) is 23.8 Å². The van der Waals surface area contributed by atoms with E-state index in [-0.39, 0.29) is 12.1 Å². The van der Waals surface area contributed by atoms with Gasteiger partial charge in [-0.25, -0.2) is 0 Å². The van der Waals surface area contributed by atoms with Crippen LogP contribution in [-0.2, 0) is 0 Å². The van der Waals surface area contributed by atoms with E-state index in [0.29, 0.717) is 21.8 Å². The number of aromatic nitrogens is 1. The van der Waals surface area contributed by atoms with Crippen LogP contribution in [0, 0.1) is 0 Å². The van der Waals surface area contributed by atoms with E-state index in [1.54, 1.807) is 26.0 Å². The van der Waals surface area contributed by atoms with E-state index >= 15 is 0 Å². The number of aliphatic imine (C=N–C) groups is 1. The van der Waals surface area contributed by atoms with Crippen molar-refractivity contribution in [1.29, 1.82) is 0 Å². The molecule has 2 aliphatic heterocycles. The van der Waals surface area contributed by atoms with Crippen molar-refractivity contribution in [2.75, 3.05) is 20.8 Å². The standard InChI is InChI=1S/C19H20ClN3O2S/c1-11-10-23-18(12-8-15(24-2)16(25-3)9-13(12)20)17(22-19(23)26-11)14-6-4-5-7-21-14/h4-9,11,17-18H,10H2,1-3H3/t11-,17+,18-/m0/s1. The topological polar surface area (TPSA) is 47.0 Å². The first-order valence-corrected chi connectivity index (χ1v) is 9.71. The van der Waals surface area contributed by atoms with Crippen LogP contribution >= 0.6 is 23.4 Å². The molecule has 4 rings (SSSR count). The van der Waals surface area contributed by atoms with Gasteiger partial charge in [-0.1, -0.05) is 36.4 Å². The van der Waals surface area contributed by atoms with Gasteiger partial charge in [0.15, 0.2) is 16.7 Å². The van der Waals surface area contributed by atoms with E-state index < -0.39 is 0 Å². The SMILES string of the molecule is COc1cc(Cl)c([C@H]2[C@@H](c3ccccn3)N=C3S[C@@H](C)CN32)cc1OC. The lowest BCUT2D eigenvalue weighted by atomic mass is 9.96. The third-order valence-electron chi connectivity index (χ3n) is 4.70. The van der Waals surface area contributed by atoms with Crippen LogP contribution in [0.5, 0.6) is 11.5 Å². The minimum absolute atomic E-state index is 0.00958. The van der Waals surface area contributed by atoms with Crippen LogP contribution in [0.25, 0.3) is 0 Å². The zero-order valence-corrected chi connectivity index (χ0v) is 16.4. The Morgan fingerprint density at radius 1 is 1.19 bits per heavy atom. The number of ether oxygens (including phenoxy) is 2. The first-order chi connectivity index (χ1) is 12.6. The maximum absolute atomic E-state index is 6.66. The van der Waals surface area contributed by atoms with Gasteiger partial charge >= 0.3 is 0 Å². The molecular weight excluding hydrogens is 370 g/mol. The van der Waals surface area contributed by atoms with Gasteiger partial charge in [0.05, 0.1) is 26.0 Å². The highest BCUT2D eigenvalue weighted by atomic mass is 35.5. The number of halogens is 1. The Bertz CT molecular complexity index is 846. The Labute approximate surface area is 162 Å². The predicted molar refractivity (Wildman–Crippen MR) is 105 cm³/mol. The molecule has 1 aromatic heterocycles. The molecule has 136 valence electrons. The molecule has 3 atom stereocenters. The molecule has 2 aromatic rings. The average Bonchev–Trinajstić information content (AvgIpc) is 3.18. The molecule has 0 spiro atoms. The first kappa shape index (κ1) is 17.5. The summed E-state index contributed by atoms with van der Waals surface area (Å²) in [6.45, 7) is 3.15. The lowest BCUT2D eigenvalue weighted by Crippen LogP contribution is -2.28. The number of hydrogen-bond donors (Lipinski definition) is 0. The predicted octanol–water partition coefficient (Wildman–Crippen LogP) is 4.34. The molecule has 0 radical (unpaired) electrons. The van der Waals surface area contributed by atoms with Crippen LogP contribution in [0.4, 0.5) is 0 Å². The van der Waals surface area contributed by atoms with Crippen molar-refractivity contribution in [3.05, 3.63) is 52.8 Å². The number of nitrogens with zero attached hydrogens (tertiary/aromatic N) is 3. The fourth-order valence-electron chi connectivity index (χ4n) is 3.55. The normalized spacial score (nSPS) is 24.4. The lowest BCUT2D eigenvalue weighted by Gasteiger charge is -2.28. The van der Waals surface area contributed by atoms with E-state index in [4.69, 9.17) is 26.1 Å². The van der Waals surface area contributed by atoms with E-state index in [1.165, 1.54) is 0 Å².